The van der Waals surface area contributed by atoms with E-state index in [0.717, 1.165) is 37.8 Å². The summed E-state index contributed by atoms with van der Waals surface area (Å²) >= 11 is 0. The lowest BCUT2D eigenvalue weighted by Crippen LogP contribution is -2.27. The van der Waals surface area contributed by atoms with Crippen LogP contribution < -0.4 is 0 Å². The highest BCUT2D eigenvalue weighted by Gasteiger charge is 2.24. The van der Waals surface area contributed by atoms with Crippen molar-refractivity contribution in [2.75, 3.05) is 26.2 Å². The van der Waals surface area contributed by atoms with Crippen LogP contribution in [0.15, 0.2) is 40.8 Å². The smallest absolute Gasteiger partial charge is 0.414 e. The molecule has 9 nitrogen and oxygen atoms in total. The molecule has 1 heterocycles. The highest BCUT2D eigenvalue weighted by molar-refractivity contribution is 6.27. The van der Waals surface area contributed by atoms with Gasteiger partial charge in [0.1, 0.15) is 11.3 Å². The lowest BCUT2D eigenvalue weighted by molar-refractivity contribution is -0.159. The second-order valence-electron chi connectivity index (χ2n) is 11.2. The Morgan fingerprint density at radius 2 is 1.36 bits per heavy atom. The number of ketones is 1. The van der Waals surface area contributed by atoms with Crippen LogP contribution >= 0.6 is 0 Å². The summed E-state index contributed by atoms with van der Waals surface area (Å²) in [6.07, 6.45) is 9.70. The number of carbonyl (C=O) groups is 4. The van der Waals surface area contributed by atoms with Gasteiger partial charge in [-0.2, -0.15) is 0 Å². The zero-order valence-corrected chi connectivity index (χ0v) is 27.4. The van der Waals surface area contributed by atoms with Crippen molar-refractivity contribution in [1.29, 1.82) is 0 Å². The summed E-state index contributed by atoms with van der Waals surface area (Å²) in [4.78, 5) is 47.2. The van der Waals surface area contributed by atoms with E-state index in [9.17, 15) is 9.59 Å². The number of benzene rings is 2. The predicted molar refractivity (Wildman–Crippen MR) is 175 cm³/mol. The van der Waals surface area contributed by atoms with Crippen molar-refractivity contribution in [2.45, 2.75) is 92.4 Å². The molecule has 0 bridgehead atoms. The van der Waals surface area contributed by atoms with Crippen molar-refractivity contribution in [3.05, 3.63) is 70.0 Å². The molecule has 1 aromatic heterocycles. The fourth-order valence-corrected chi connectivity index (χ4v) is 5.06. The Kier molecular flexibility index (Phi) is 16.1. The summed E-state index contributed by atoms with van der Waals surface area (Å²) < 4.78 is 11.5. The minimum Gasteiger partial charge on any atom is -0.473 e. The maximum absolute atomic E-state index is 13.8. The first-order chi connectivity index (χ1) is 21.6. The van der Waals surface area contributed by atoms with Gasteiger partial charge in [-0.05, 0) is 88.8 Å². The fourth-order valence-electron chi connectivity index (χ4n) is 5.06. The van der Waals surface area contributed by atoms with Gasteiger partial charge in [0.2, 0.25) is 0 Å². The van der Waals surface area contributed by atoms with E-state index in [0.29, 0.717) is 46.4 Å². The molecule has 45 heavy (non-hydrogen) atoms. The Hall–Kier alpha value is -3.98. The van der Waals surface area contributed by atoms with Crippen LogP contribution in [0.2, 0.25) is 0 Å². The summed E-state index contributed by atoms with van der Waals surface area (Å²) in [5.74, 6) is -3.39. The SMILES string of the molecule is CCCCc1oc2cc(C)c(C(=O)OCC)cc2c1C(=O)c1ccc(CCCN(CCCC)CCCC)cc1.O=C(O)C(=O)O. The lowest BCUT2D eigenvalue weighted by atomic mass is 9.95. The van der Waals surface area contributed by atoms with Gasteiger partial charge in [0.25, 0.3) is 0 Å². The second kappa shape index (κ2) is 19.4. The van der Waals surface area contributed by atoms with Crippen LogP contribution in [0.5, 0.6) is 0 Å². The van der Waals surface area contributed by atoms with Crippen molar-refractivity contribution in [2.24, 2.45) is 0 Å². The molecule has 0 atom stereocenters. The van der Waals surface area contributed by atoms with Crippen LogP contribution in [0.3, 0.4) is 0 Å². The molecule has 3 aromatic rings. The molecule has 9 heteroatoms. The lowest BCUT2D eigenvalue weighted by Gasteiger charge is -2.21. The van der Waals surface area contributed by atoms with Crippen LogP contribution in [0.1, 0.15) is 116 Å². The number of esters is 1. The number of carboxylic acid groups (broad SMARTS) is 2. The minimum absolute atomic E-state index is 0.0598. The van der Waals surface area contributed by atoms with Gasteiger partial charge in [0, 0.05) is 17.4 Å². The van der Waals surface area contributed by atoms with E-state index < -0.39 is 11.9 Å². The van der Waals surface area contributed by atoms with Crippen LogP contribution in [0.25, 0.3) is 11.0 Å². The highest BCUT2D eigenvalue weighted by atomic mass is 16.5. The van der Waals surface area contributed by atoms with Crippen molar-refractivity contribution >= 4 is 34.7 Å². The Bertz CT molecular complexity index is 1390. The van der Waals surface area contributed by atoms with E-state index in [1.807, 2.05) is 25.1 Å². The van der Waals surface area contributed by atoms with Crippen molar-refractivity contribution in [1.82, 2.24) is 4.90 Å². The molecule has 0 saturated carbocycles. The predicted octanol–water partition coefficient (Wildman–Crippen LogP) is 7.48. The number of ether oxygens (including phenoxy) is 1. The standard InChI is InChI=1S/C34H47NO4.C2H2O4/c1-6-10-15-30-32(29-24-28(34(37)38-9-4)25(5)23-31(29)39-30)33(36)27-18-16-26(17-19-27)14-13-22-35(20-11-7-2)21-12-8-3;3-1(4)2(5)6/h16-19,23-24H,6-15,20-22H2,1-5H3;(H,3,4)(H,5,6). The summed E-state index contributed by atoms with van der Waals surface area (Å²) in [6, 6.07) is 11.7. The average molecular weight is 624 g/mol. The maximum atomic E-state index is 13.8. The molecule has 0 aliphatic carbocycles. The number of aliphatic carboxylic acids is 2. The highest BCUT2D eigenvalue weighted by Crippen LogP contribution is 2.32. The van der Waals surface area contributed by atoms with Gasteiger partial charge >= 0.3 is 17.9 Å². The van der Waals surface area contributed by atoms with Crippen LogP contribution in [0, 0.1) is 6.92 Å². The maximum Gasteiger partial charge on any atom is 0.414 e. The van der Waals surface area contributed by atoms with Crippen LogP contribution in [-0.4, -0.2) is 65.0 Å². The average Bonchev–Trinajstić information content (AvgIpc) is 3.37. The first kappa shape index (κ1) is 37.2. The van der Waals surface area contributed by atoms with E-state index >= 15 is 0 Å². The summed E-state index contributed by atoms with van der Waals surface area (Å²) in [7, 11) is 0. The molecular weight excluding hydrogens is 574 g/mol. The number of carbonyl (C=O) groups excluding carboxylic acids is 2. The summed E-state index contributed by atoms with van der Waals surface area (Å²) in [6.45, 7) is 14.1. The van der Waals surface area contributed by atoms with Crippen molar-refractivity contribution in [3.8, 4) is 0 Å². The van der Waals surface area contributed by atoms with Crippen LogP contribution in [0.4, 0.5) is 0 Å². The van der Waals surface area contributed by atoms with Gasteiger partial charge in [-0.25, -0.2) is 14.4 Å². The van der Waals surface area contributed by atoms with E-state index in [-0.39, 0.29) is 11.8 Å². The first-order valence-electron chi connectivity index (χ1n) is 16.1. The van der Waals surface area contributed by atoms with Gasteiger partial charge in [0.15, 0.2) is 5.78 Å². The Morgan fingerprint density at radius 3 is 1.89 bits per heavy atom. The number of furan rings is 1. The zero-order chi connectivity index (χ0) is 33.4. The van der Waals surface area contributed by atoms with Gasteiger partial charge < -0.3 is 24.3 Å². The second-order valence-corrected chi connectivity index (χ2v) is 11.2. The van der Waals surface area contributed by atoms with Crippen molar-refractivity contribution in [3.63, 3.8) is 0 Å². The Balaban J connectivity index is 0.00000107. The molecule has 2 aromatic carbocycles. The van der Waals surface area contributed by atoms with Gasteiger partial charge in [-0.3, -0.25) is 4.79 Å². The number of hydrogen-bond donors (Lipinski definition) is 2. The topological polar surface area (TPSA) is 134 Å². The zero-order valence-electron chi connectivity index (χ0n) is 27.4. The molecule has 0 saturated heterocycles. The largest absolute Gasteiger partial charge is 0.473 e. The monoisotopic (exact) mass is 623 g/mol. The Morgan fingerprint density at radius 1 is 0.778 bits per heavy atom. The molecular formula is C36H49NO8. The Labute approximate surface area is 266 Å². The number of unbranched alkanes of at least 4 members (excludes halogenated alkanes) is 3. The number of hydrogen-bond acceptors (Lipinski definition) is 7. The molecule has 0 amide bonds. The van der Waals surface area contributed by atoms with Crippen molar-refractivity contribution < 1.29 is 38.5 Å². The first-order valence-corrected chi connectivity index (χ1v) is 16.1. The van der Waals surface area contributed by atoms with Gasteiger partial charge in [-0.1, -0.05) is 64.3 Å². The van der Waals surface area contributed by atoms with E-state index in [2.05, 4.69) is 37.8 Å². The third kappa shape index (κ3) is 11.5. The molecule has 0 fully saturated rings. The van der Waals surface area contributed by atoms with Gasteiger partial charge in [0.05, 0.1) is 17.7 Å². The number of carboxylic acids is 2. The molecule has 0 radical (unpaired) electrons. The van der Waals surface area contributed by atoms with E-state index in [4.69, 9.17) is 29.0 Å². The molecule has 0 spiro atoms. The fraction of sp³-hybridized carbons (Fsp3) is 0.500. The molecule has 3 rings (SSSR count). The molecule has 246 valence electrons. The summed E-state index contributed by atoms with van der Waals surface area (Å²) in [5, 5.41) is 15.5. The minimum atomic E-state index is -1.82. The van der Waals surface area contributed by atoms with E-state index in [1.165, 1.54) is 44.3 Å². The number of aryl methyl sites for hydroxylation is 3. The third-order valence-electron chi connectivity index (χ3n) is 7.58. The number of rotatable bonds is 17. The summed E-state index contributed by atoms with van der Waals surface area (Å²) in [5.41, 5.74) is 4.36. The molecule has 0 unspecified atom stereocenters. The molecule has 0 aliphatic rings. The van der Waals surface area contributed by atoms with Crippen LogP contribution in [-0.2, 0) is 27.2 Å². The van der Waals surface area contributed by atoms with E-state index in [1.54, 1.807) is 13.0 Å². The quantitative estimate of drug-likeness (QED) is 0.0891. The third-order valence-corrected chi connectivity index (χ3v) is 7.58. The molecule has 0 aliphatic heterocycles. The molecule has 2 N–H and O–H groups in total. The normalized spacial score (nSPS) is 10.9. The number of nitrogens with zero attached hydrogens (tertiary/aromatic N) is 1. The number of fused-ring (bicyclic) bond motifs is 1. The van der Waals surface area contributed by atoms with Gasteiger partial charge in [-0.15, -0.1) is 0 Å².